The Bertz CT molecular complexity index is 5050. The smallest absolute Gasteiger partial charge is 0.407 e. The number of hydrogen-bond donors (Lipinski definition) is 8. The molecule has 126 heavy (non-hydrogen) atoms. The van der Waals surface area contributed by atoms with Crippen LogP contribution in [0, 0.1) is 24.2 Å². The normalized spacial score (nSPS) is 18.2. The molecular formula is C87H101BrN12O26. The van der Waals surface area contributed by atoms with Gasteiger partial charge in [-0.15, -0.1) is 6.42 Å². The summed E-state index contributed by atoms with van der Waals surface area (Å²) < 4.78 is 37.1. The third-order valence-corrected chi connectivity index (χ3v) is 19.4. The summed E-state index contributed by atoms with van der Waals surface area (Å²) in [6.07, 6.45) is 7.23. The Balaban J connectivity index is 0.000000200. The molecule has 19 amide bonds. The number of aryl methyl sites for hydroxylation is 2. The molecule has 39 heteroatoms. The van der Waals surface area contributed by atoms with Crippen molar-refractivity contribution in [2.45, 2.75) is 180 Å². The van der Waals surface area contributed by atoms with Crippen LogP contribution in [0.5, 0.6) is 0 Å². The topological polar surface area (TPSA) is 512 Å². The molecule has 4 atom stereocenters. The van der Waals surface area contributed by atoms with E-state index < -0.39 is 142 Å². The summed E-state index contributed by atoms with van der Waals surface area (Å²) in [6.45, 7) is 20.5. The first-order valence-electron chi connectivity index (χ1n) is 40.5. The highest BCUT2D eigenvalue weighted by atomic mass is 79.9. The number of ether oxygens (including phenoxy) is 7. The van der Waals surface area contributed by atoms with E-state index in [0.29, 0.717) is 93.1 Å². The van der Waals surface area contributed by atoms with Gasteiger partial charge in [0.15, 0.2) is 0 Å². The van der Waals surface area contributed by atoms with Crippen molar-refractivity contribution in [1.29, 1.82) is 0 Å². The van der Waals surface area contributed by atoms with Gasteiger partial charge in [-0.2, -0.15) is 0 Å². The van der Waals surface area contributed by atoms with Gasteiger partial charge in [0.2, 0.25) is 47.3 Å². The number of amides is 19. The standard InChI is InChI=1S/C23H29N3O7.C23H25N3O7.C18H21N3O5.C13H9BrN2O4.C10H17NO3/c2*1-23(2,3)33-22(31)24-10-12-32-11-4-5-14-6-7-15-16(13-14)21(30)26(20(15)29)17-8-9-18(27)25-19(17)28;19-7-9-26-8-1-2-11-3-4-12-13(10-11)18(25)21(17(12)24)14-5-6-15(22)20-16(14)23;14-6-1-2-7-8(5-6)13(20)16(12(7)19)9-3-4-10(17)15-11(9)18;1-5-7-13-8-6-11-9(12)14-10(2,3)4/h6-7,13,17H,4-5,8-12H2,1-3H3,(H,24,31)(H,25,27,28);6-7,13,17H,8-12H2,1-3H3,(H,24,31)(H,25,27,28);3-4,10,14H,1-2,5-9,19H2,(H,20,22,23);1-2,5,9H,3-4H2,(H,15,17,18);1H,6-8H2,2-4H3,(H,11,12). The van der Waals surface area contributed by atoms with E-state index in [1.807, 2.05) is 0 Å². The van der Waals surface area contributed by atoms with E-state index in [9.17, 15) is 91.1 Å². The number of alkyl carbamates (subject to hydrolysis) is 3. The van der Waals surface area contributed by atoms with Crippen molar-refractivity contribution in [2.24, 2.45) is 5.73 Å². The Labute approximate surface area is 734 Å². The largest absolute Gasteiger partial charge is 0.444 e. The lowest BCUT2D eigenvalue weighted by molar-refractivity contribution is -0.137. The fourth-order valence-electron chi connectivity index (χ4n) is 13.4. The number of carbonyl (C=O) groups excluding carboxylic acids is 19. The Morgan fingerprint density at radius 2 is 0.706 bits per heavy atom. The van der Waals surface area contributed by atoms with Crippen LogP contribution >= 0.6 is 15.9 Å². The lowest BCUT2D eigenvalue weighted by atomic mass is 10.0. The van der Waals surface area contributed by atoms with Crippen LogP contribution in [0.2, 0.25) is 0 Å². The quantitative estimate of drug-likeness (QED) is 0.0195. The number of carbonyl (C=O) groups is 19. The van der Waals surface area contributed by atoms with Crippen LogP contribution in [0.4, 0.5) is 14.4 Å². The van der Waals surface area contributed by atoms with E-state index in [2.05, 4.69) is 70.9 Å². The second-order valence-corrected chi connectivity index (χ2v) is 33.0. The first-order valence-corrected chi connectivity index (χ1v) is 41.3. The van der Waals surface area contributed by atoms with Gasteiger partial charge in [0.1, 0.15) is 54.2 Å². The van der Waals surface area contributed by atoms with Crippen molar-refractivity contribution in [3.63, 3.8) is 0 Å². The third-order valence-electron chi connectivity index (χ3n) is 19.0. The summed E-state index contributed by atoms with van der Waals surface area (Å²) in [5.41, 5.74) is 8.11. The van der Waals surface area contributed by atoms with Crippen molar-refractivity contribution >= 4 is 129 Å². The molecule has 672 valence electrons. The summed E-state index contributed by atoms with van der Waals surface area (Å²) in [5.74, 6) is -0.247. The number of nitrogens with two attached hydrogens (primary N) is 1. The second kappa shape index (κ2) is 45.2. The van der Waals surface area contributed by atoms with Crippen LogP contribution in [0.3, 0.4) is 0 Å². The zero-order chi connectivity index (χ0) is 92.5. The van der Waals surface area contributed by atoms with Crippen LogP contribution in [0.1, 0.15) is 226 Å². The number of halogens is 1. The molecule has 0 aliphatic carbocycles. The van der Waals surface area contributed by atoms with E-state index in [1.165, 1.54) is 12.1 Å². The van der Waals surface area contributed by atoms with E-state index in [0.717, 1.165) is 37.1 Å². The van der Waals surface area contributed by atoms with Crippen molar-refractivity contribution in [3.05, 3.63) is 138 Å². The minimum Gasteiger partial charge on any atom is -0.444 e. The summed E-state index contributed by atoms with van der Waals surface area (Å²) >= 11 is 3.24. The lowest BCUT2D eigenvalue weighted by Gasteiger charge is -2.27. The molecule has 4 aromatic rings. The van der Waals surface area contributed by atoms with Gasteiger partial charge >= 0.3 is 18.3 Å². The van der Waals surface area contributed by atoms with Crippen LogP contribution in [0.15, 0.2) is 77.3 Å². The van der Waals surface area contributed by atoms with Gasteiger partial charge in [-0.05, 0) is 185 Å². The molecule has 8 aliphatic rings. The highest BCUT2D eigenvalue weighted by molar-refractivity contribution is 9.10. The fourth-order valence-corrected chi connectivity index (χ4v) is 13.8. The summed E-state index contributed by atoms with van der Waals surface area (Å²) in [4.78, 5) is 232. The predicted octanol–water partition coefficient (Wildman–Crippen LogP) is 4.55. The fraction of sp³-hybridized carbons (Fsp3) is 0.460. The Morgan fingerprint density at radius 3 is 1.04 bits per heavy atom. The van der Waals surface area contributed by atoms with Crippen LogP contribution < -0.4 is 43.0 Å². The molecule has 8 heterocycles. The molecule has 4 unspecified atom stereocenters. The van der Waals surface area contributed by atoms with Crippen LogP contribution in [0.25, 0.3) is 0 Å². The van der Waals surface area contributed by atoms with Crippen molar-refractivity contribution in [2.75, 3.05) is 79.0 Å². The molecule has 38 nitrogen and oxygen atoms in total. The molecule has 0 saturated carbocycles. The first-order chi connectivity index (χ1) is 59.6. The van der Waals surface area contributed by atoms with Gasteiger partial charge < -0.3 is 54.8 Å². The number of rotatable bonds is 25. The molecule has 0 radical (unpaired) electrons. The highest BCUT2D eigenvalue weighted by Crippen LogP contribution is 2.34. The summed E-state index contributed by atoms with van der Waals surface area (Å²) in [7, 11) is 0. The minimum absolute atomic E-state index is 0.0633. The van der Waals surface area contributed by atoms with E-state index in [4.69, 9.17) is 45.3 Å². The van der Waals surface area contributed by atoms with Gasteiger partial charge in [0.05, 0.1) is 70.9 Å². The van der Waals surface area contributed by atoms with E-state index in [1.54, 1.807) is 123 Å². The Hall–Kier alpha value is -12.8. The number of benzene rings is 4. The number of fused-ring (bicyclic) bond motifs is 4. The number of hydrogen-bond acceptors (Lipinski definition) is 27. The first kappa shape index (κ1) is 98.6. The van der Waals surface area contributed by atoms with Crippen molar-refractivity contribution in [3.8, 4) is 24.2 Å². The van der Waals surface area contributed by atoms with E-state index in [-0.39, 0.29) is 123 Å². The molecule has 12 rings (SSSR count). The zero-order valence-corrected chi connectivity index (χ0v) is 72.7. The molecule has 0 spiro atoms. The number of nitrogens with zero attached hydrogens (tertiary/aromatic N) is 4. The van der Waals surface area contributed by atoms with Crippen LogP contribution in [-0.2, 0) is 84.4 Å². The van der Waals surface area contributed by atoms with Crippen molar-refractivity contribution in [1.82, 2.24) is 56.8 Å². The summed E-state index contributed by atoms with van der Waals surface area (Å²) in [6, 6.07) is 15.7. The molecule has 4 saturated heterocycles. The average Bonchev–Trinajstić information content (AvgIpc) is 1.63. The molecule has 0 aromatic heterocycles. The number of nitrogens with one attached hydrogen (secondary N) is 7. The maximum absolute atomic E-state index is 12.8. The molecular weight excluding hydrogens is 1710 g/mol. The number of piperidine rings is 4. The lowest BCUT2D eigenvalue weighted by Crippen LogP contribution is -2.54. The van der Waals surface area contributed by atoms with Gasteiger partial charge in [-0.25, -0.2) is 14.4 Å². The molecule has 9 N–H and O–H groups in total. The molecule has 4 aromatic carbocycles. The maximum atomic E-state index is 12.8. The predicted molar refractivity (Wildman–Crippen MR) is 448 cm³/mol. The minimum atomic E-state index is -1.01. The SMILES string of the molecule is C#CCOCCNC(=O)OC(C)(C)C.CC(C)(C)OC(=O)NCCOCC#Cc1ccc2c(c1)C(=O)N(C1CCC(=O)NC1=O)C2=O.CC(C)(C)OC(=O)NCCOCCCc1ccc2c(c1)C(=O)N(C1CCC(=O)NC1=O)C2=O.NCCOCCCc1ccc2c(c1)C(=O)N(C1CCC(=O)NC1=O)C2=O.O=C1CCC(N2C(=O)c3ccc(Br)cc3C2=O)C(=O)N1. The average molecular weight is 1810 g/mol. The van der Waals surface area contributed by atoms with Crippen molar-refractivity contribution < 1.29 is 124 Å². The van der Waals surface area contributed by atoms with Gasteiger partial charge in [0, 0.05) is 75.1 Å². The summed E-state index contributed by atoms with van der Waals surface area (Å²) in [5, 5.41) is 16.4. The van der Waals surface area contributed by atoms with Crippen LogP contribution in [-0.4, -0.2) is 252 Å². The van der Waals surface area contributed by atoms with Gasteiger partial charge in [0.25, 0.3) is 47.3 Å². The maximum Gasteiger partial charge on any atom is 0.407 e. The highest BCUT2D eigenvalue weighted by Gasteiger charge is 2.49. The van der Waals surface area contributed by atoms with Gasteiger partial charge in [-0.1, -0.05) is 45.8 Å². The third kappa shape index (κ3) is 27.9. The monoisotopic (exact) mass is 1810 g/mol. The zero-order valence-electron chi connectivity index (χ0n) is 71.1. The molecule has 4 fully saturated rings. The number of terminal acetylenes is 1. The molecule has 8 aliphatic heterocycles. The number of imide groups is 8. The van der Waals surface area contributed by atoms with Gasteiger partial charge in [-0.3, -0.25) is 118 Å². The Morgan fingerprint density at radius 1 is 0.405 bits per heavy atom. The molecule has 0 bridgehead atoms. The second-order valence-electron chi connectivity index (χ2n) is 32.1. The Kier molecular flexibility index (Phi) is 35.4. The van der Waals surface area contributed by atoms with E-state index >= 15 is 0 Å².